The quantitative estimate of drug-likeness (QED) is 0.802. The lowest BCUT2D eigenvalue weighted by atomic mass is 10.1. The number of halogens is 1. The first-order valence-electron chi connectivity index (χ1n) is 5.42. The van der Waals surface area contributed by atoms with Crippen LogP contribution in [0, 0.1) is 11.7 Å². The predicted molar refractivity (Wildman–Crippen MR) is 68.3 cm³/mol. The molecule has 1 aliphatic rings. The Labute approximate surface area is 100 Å². The predicted octanol–water partition coefficient (Wildman–Crippen LogP) is 2.31. The van der Waals surface area contributed by atoms with Crippen molar-refractivity contribution in [3.8, 4) is 0 Å². The summed E-state index contributed by atoms with van der Waals surface area (Å²) in [7, 11) is 0. The number of anilines is 1. The Morgan fingerprint density at radius 3 is 2.81 bits per heavy atom. The third kappa shape index (κ3) is 2.16. The van der Waals surface area contributed by atoms with Crippen molar-refractivity contribution in [1.29, 1.82) is 0 Å². The topological polar surface area (TPSA) is 29.3 Å². The monoisotopic (exact) mass is 238 g/mol. The molecular weight excluding hydrogens is 223 g/mol. The SMILES string of the molecule is CC1CCN(c2ccc(C(N)=S)cc2F)C1. The summed E-state index contributed by atoms with van der Waals surface area (Å²) in [5.41, 5.74) is 6.70. The van der Waals surface area contributed by atoms with Crippen molar-refractivity contribution in [2.45, 2.75) is 13.3 Å². The lowest BCUT2D eigenvalue weighted by molar-refractivity contribution is 0.619. The molecule has 0 amide bonds. The van der Waals surface area contributed by atoms with Gasteiger partial charge in [0.05, 0.1) is 5.69 Å². The second-order valence-electron chi connectivity index (χ2n) is 4.37. The van der Waals surface area contributed by atoms with E-state index < -0.39 is 0 Å². The third-order valence-electron chi connectivity index (χ3n) is 3.00. The van der Waals surface area contributed by atoms with E-state index in [4.69, 9.17) is 18.0 Å². The molecule has 1 aromatic carbocycles. The summed E-state index contributed by atoms with van der Waals surface area (Å²) in [6.07, 6.45) is 1.12. The van der Waals surface area contributed by atoms with Crippen LogP contribution in [-0.4, -0.2) is 18.1 Å². The van der Waals surface area contributed by atoms with Gasteiger partial charge in [-0.25, -0.2) is 4.39 Å². The van der Waals surface area contributed by atoms with Gasteiger partial charge in [0, 0.05) is 18.7 Å². The zero-order valence-electron chi connectivity index (χ0n) is 9.24. The smallest absolute Gasteiger partial charge is 0.147 e. The molecule has 16 heavy (non-hydrogen) atoms. The second-order valence-corrected chi connectivity index (χ2v) is 4.81. The van der Waals surface area contributed by atoms with E-state index in [0.717, 1.165) is 19.5 Å². The molecule has 0 radical (unpaired) electrons. The van der Waals surface area contributed by atoms with Crippen LogP contribution in [0.1, 0.15) is 18.9 Å². The van der Waals surface area contributed by atoms with Gasteiger partial charge in [-0.1, -0.05) is 19.1 Å². The molecule has 1 aromatic rings. The fraction of sp³-hybridized carbons (Fsp3) is 0.417. The van der Waals surface area contributed by atoms with Crippen molar-refractivity contribution in [3.05, 3.63) is 29.6 Å². The summed E-state index contributed by atoms with van der Waals surface area (Å²) in [6, 6.07) is 4.96. The molecule has 1 fully saturated rings. The normalized spacial score (nSPS) is 20.1. The molecule has 86 valence electrons. The van der Waals surface area contributed by atoms with E-state index in [9.17, 15) is 4.39 Å². The van der Waals surface area contributed by atoms with Crippen molar-refractivity contribution in [2.24, 2.45) is 11.7 Å². The molecule has 0 aromatic heterocycles. The molecule has 0 saturated carbocycles. The van der Waals surface area contributed by atoms with E-state index in [1.807, 2.05) is 0 Å². The first-order valence-corrected chi connectivity index (χ1v) is 5.83. The van der Waals surface area contributed by atoms with Crippen LogP contribution in [0.4, 0.5) is 10.1 Å². The molecule has 1 unspecified atom stereocenters. The van der Waals surface area contributed by atoms with E-state index in [1.54, 1.807) is 12.1 Å². The van der Waals surface area contributed by atoms with Crippen molar-refractivity contribution in [1.82, 2.24) is 0 Å². The highest BCUT2D eigenvalue weighted by atomic mass is 32.1. The van der Waals surface area contributed by atoms with Gasteiger partial charge >= 0.3 is 0 Å². The summed E-state index contributed by atoms with van der Waals surface area (Å²) in [6.45, 7) is 4.02. The van der Waals surface area contributed by atoms with E-state index in [-0.39, 0.29) is 10.8 Å². The molecule has 1 atom stereocenters. The van der Waals surface area contributed by atoms with Crippen LogP contribution in [0.3, 0.4) is 0 Å². The molecule has 0 spiro atoms. The minimum Gasteiger partial charge on any atom is -0.389 e. The van der Waals surface area contributed by atoms with Crippen molar-refractivity contribution < 1.29 is 4.39 Å². The minimum absolute atomic E-state index is 0.236. The highest BCUT2D eigenvalue weighted by Crippen LogP contribution is 2.26. The standard InChI is InChI=1S/C12H15FN2S/c1-8-4-5-15(7-8)11-3-2-9(12(14)16)6-10(11)13/h2-3,6,8H,4-5,7H2,1H3,(H2,14,16). The zero-order chi connectivity index (χ0) is 11.7. The lowest BCUT2D eigenvalue weighted by Gasteiger charge is -2.19. The van der Waals surface area contributed by atoms with E-state index >= 15 is 0 Å². The summed E-state index contributed by atoms with van der Waals surface area (Å²) in [4.78, 5) is 2.31. The first-order chi connectivity index (χ1) is 7.58. The fourth-order valence-corrected chi connectivity index (χ4v) is 2.20. The molecule has 2 nitrogen and oxygen atoms in total. The molecule has 4 heteroatoms. The van der Waals surface area contributed by atoms with Crippen molar-refractivity contribution >= 4 is 22.9 Å². The van der Waals surface area contributed by atoms with Gasteiger partial charge in [0.2, 0.25) is 0 Å². The Kier molecular flexibility index (Phi) is 3.10. The average molecular weight is 238 g/mol. The number of nitrogens with two attached hydrogens (primary N) is 1. The van der Waals surface area contributed by atoms with Crippen molar-refractivity contribution in [3.63, 3.8) is 0 Å². The van der Waals surface area contributed by atoms with Crippen LogP contribution >= 0.6 is 12.2 Å². The molecule has 0 bridgehead atoms. The maximum atomic E-state index is 13.8. The van der Waals surface area contributed by atoms with Gasteiger partial charge in [0.25, 0.3) is 0 Å². The summed E-state index contributed by atoms with van der Waals surface area (Å²) in [5.74, 6) is 0.397. The molecule has 1 heterocycles. The molecule has 1 aliphatic heterocycles. The van der Waals surface area contributed by atoms with Gasteiger partial charge in [-0.3, -0.25) is 0 Å². The Bertz CT molecular complexity index is 419. The largest absolute Gasteiger partial charge is 0.389 e. The Balaban J connectivity index is 2.26. The van der Waals surface area contributed by atoms with Crippen LogP contribution in [-0.2, 0) is 0 Å². The number of thiocarbonyl (C=S) groups is 1. The Hall–Kier alpha value is -1.16. The summed E-state index contributed by atoms with van der Waals surface area (Å²) in [5, 5.41) is 0. The highest BCUT2D eigenvalue weighted by Gasteiger charge is 2.21. The van der Waals surface area contributed by atoms with E-state index in [1.165, 1.54) is 6.07 Å². The first kappa shape index (κ1) is 11.3. The van der Waals surface area contributed by atoms with Gasteiger partial charge in [-0.05, 0) is 30.5 Å². The van der Waals surface area contributed by atoms with Crippen molar-refractivity contribution in [2.75, 3.05) is 18.0 Å². The minimum atomic E-state index is -0.237. The highest BCUT2D eigenvalue weighted by molar-refractivity contribution is 7.80. The van der Waals surface area contributed by atoms with Gasteiger partial charge in [-0.2, -0.15) is 0 Å². The van der Waals surface area contributed by atoms with E-state index in [0.29, 0.717) is 17.2 Å². The van der Waals surface area contributed by atoms with Gasteiger partial charge in [0.15, 0.2) is 0 Å². The number of benzene rings is 1. The van der Waals surface area contributed by atoms with Gasteiger partial charge in [-0.15, -0.1) is 0 Å². The third-order valence-corrected chi connectivity index (χ3v) is 3.23. The maximum absolute atomic E-state index is 13.8. The van der Waals surface area contributed by atoms with Crippen LogP contribution in [0.15, 0.2) is 18.2 Å². The average Bonchev–Trinajstić information content (AvgIpc) is 2.64. The maximum Gasteiger partial charge on any atom is 0.147 e. The fourth-order valence-electron chi connectivity index (χ4n) is 2.07. The number of nitrogens with zero attached hydrogens (tertiary/aromatic N) is 1. The van der Waals surface area contributed by atoms with Crippen LogP contribution in [0.2, 0.25) is 0 Å². The van der Waals surface area contributed by atoms with Crippen LogP contribution < -0.4 is 10.6 Å². The number of hydrogen-bond donors (Lipinski definition) is 1. The molecule has 1 saturated heterocycles. The van der Waals surface area contributed by atoms with Gasteiger partial charge < -0.3 is 10.6 Å². The van der Waals surface area contributed by atoms with Crippen LogP contribution in [0.25, 0.3) is 0 Å². The molecule has 0 aliphatic carbocycles. The molecule has 2 rings (SSSR count). The van der Waals surface area contributed by atoms with Gasteiger partial charge in [0.1, 0.15) is 10.8 Å². The lowest BCUT2D eigenvalue weighted by Crippen LogP contribution is -2.20. The summed E-state index contributed by atoms with van der Waals surface area (Å²) < 4.78 is 13.8. The molecule has 2 N–H and O–H groups in total. The molecular formula is C12H15FN2S. The van der Waals surface area contributed by atoms with E-state index in [2.05, 4.69) is 11.8 Å². The number of hydrogen-bond acceptors (Lipinski definition) is 2. The summed E-state index contributed by atoms with van der Waals surface area (Å²) >= 11 is 4.82. The van der Waals surface area contributed by atoms with Crippen LogP contribution in [0.5, 0.6) is 0 Å². The zero-order valence-corrected chi connectivity index (χ0v) is 10.1. The second kappa shape index (κ2) is 4.37. The Morgan fingerprint density at radius 1 is 1.56 bits per heavy atom. The Morgan fingerprint density at radius 2 is 2.31 bits per heavy atom. The number of rotatable bonds is 2.